The van der Waals surface area contributed by atoms with E-state index < -0.39 is 0 Å². The number of nitrogens with one attached hydrogen (secondary N) is 1. The predicted octanol–water partition coefficient (Wildman–Crippen LogP) is 4.14. The molecule has 4 rings (SSSR count). The molecule has 0 aliphatic heterocycles. The Bertz CT molecular complexity index is 1030. The van der Waals surface area contributed by atoms with Gasteiger partial charge in [0, 0.05) is 12.4 Å². The first kappa shape index (κ1) is 17.0. The van der Waals surface area contributed by atoms with Crippen LogP contribution in [0.2, 0.25) is 0 Å². The topological polar surface area (TPSA) is 46.9 Å². The minimum Gasteiger partial charge on any atom is -0.347 e. The summed E-state index contributed by atoms with van der Waals surface area (Å²) in [6, 6.07) is 26.1. The van der Waals surface area contributed by atoms with Crippen molar-refractivity contribution in [2.45, 2.75) is 19.0 Å². The minimum absolute atomic E-state index is 0.00582. The molecule has 1 heterocycles. The van der Waals surface area contributed by atoms with Crippen LogP contribution in [0.15, 0.2) is 91.3 Å². The molecule has 0 radical (unpaired) electrons. The standard InChI is InChI=1S/C23H21N3O/c27-23(16-18-11-12-19-7-4-5-10-21(19)15-18)25-22(17-26-14-6-13-24-26)20-8-2-1-3-9-20/h1-15,22H,16-17H2,(H,25,27). The Morgan fingerprint density at radius 1 is 0.926 bits per heavy atom. The van der Waals surface area contributed by atoms with Crippen molar-refractivity contribution in [2.24, 2.45) is 0 Å². The number of fused-ring (bicyclic) bond motifs is 1. The van der Waals surface area contributed by atoms with Gasteiger partial charge < -0.3 is 5.32 Å². The molecule has 0 aliphatic carbocycles. The van der Waals surface area contributed by atoms with Crippen molar-refractivity contribution in [2.75, 3.05) is 0 Å². The van der Waals surface area contributed by atoms with Crippen LogP contribution < -0.4 is 5.32 Å². The summed E-state index contributed by atoms with van der Waals surface area (Å²) >= 11 is 0. The fourth-order valence-electron chi connectivity index (χ4n) is 3.29. The zero-order valence-corrected chi connectivity index (χ0v) is 15.0. The van der Waals surface area contributed by atoms with Gasteiger partial charge >= 0.3 is 0 Å². The highest BCUT2D eigenvalue weighted by Gasteiger charge is 2.16. The summed E-state index contributed by atoms with van der Waals surface area (Å²) in [5, 5.41) is 9.78. The number of rotatable bonds is 6. The van der Waals surface area contributed by atoms with Gasteiger partial charge in [-0.3, -0.25) is 9.48 Å². The Morgan fingerprint density at radius 2 is 1.70 bits per heavy atom. The molecular formula is C23H21N3O. The number of benzene rings is 3. The highest BCUT2D eigenvalue weighted by Crippen LogP contribution is 2.18. The predicted molar refractivity (Wildman–Crippen MR) is 107 cm³/mol. The summed E-state index contributed by atoms with van der Waals surface area (Å²) in [5.74, 6) is 0.00582. The fraction of sp³-hybridized carbons (Fsp3) is 0.130. The number of carbonyl (C=O) groups is 1. The van der Waals surface area contributed by atoms with Gasteiger partial charge in [-0.15, -0.1) is 0 Å². The van der Waals surface area contributed by atoms with E-state index in [0.717, 1.165) is 16.5 Å². The zero-order chi connectivity index (χ0) is 18.5. The molecule has 3 aromatic carbocycles. The summed E-state index contributed by atoms with van der Waals surface area (Å²) in [5.41, 5.74) is 2.08. The summed E-state index contributed by atoms with van der Waals surface area (Å²) < 4.78 is 1.84. The Balaban J connectivity index is 1.50. The van der Waals surface area contributed by atoms with Crippen molar-refractivity contribution in [3.8, 4) is 0 Å². The van der Waals surface area contributed by atoms with E-state index in [-0.39, 0.29) is 11.9 Å². The molecule has 0 bridgehead atoms. The SMILES string of the molecule is O=C(Cc1ccc2ccccc2c1)NC(Cn1cccn1)c1ccccc1. The van der Waals surface area contributed by atoms with Crippen LogP contribution in [0, 0.1) is 0 Å². The molecule has 1 aromatic heterocycles. The molecule has 0 fully saturated rings. The second-order valence-electron chi connectivity index (χ2n) is 6.62. The van der Waals surface area contributed by atoms with E-state index in [0.29, 0.717) is 13.0 Å². The van der Waals surface area contributed by atoms with E-state index in [1.807, 2.05) is 65.5 Å². The number of aromatic nitrogens is 2. The van der Waals surface area contributed by atoms with Crippen molar-refractivity contribution >= 4 is 16.7 Å². The summed E-state index contributed by atoms with van der Waals surface area (Å²) in [6.07, 6.45) is 4.01. The third-order valence-electron chi connectivity index (χ3n) is 4.64. The first-order valence-corrected chi connectivity index (χ1v) is 9.07. The first-order chi connectivity index (χ1) is 13.3. The lowest BCUT2D eigenvalue weighted by molar-refractivity contribution is -0.121. The summed E-state index contributed by atoms with van der Waals surface area (Å²) in [7, 11) is 0. The van der Waals surface area contributed by atoms with E-state index in [9.17, 15) is 4.79 Å². The summed E-state index contributed by atoms with van der Waals surface area (Å²) in [6.45, 7) is 0.598. The van der Waals surface area contributed by atoms with Gasteiger partial charge in [-0.1, -0.05) is 72.8 Å². The maximum absolute atomic E-state index is 12.7. The Morgan fingerprint density at radius 3 is 2.48 bits per heavy atom. The Kier molecular flexibility index (Phi) is 4.97. The molecule has 0 aliphatic rings. The lowest BCUT2D eigenvalue weighted by atomic mass is 10.0. The molecule has 1 amide bonds. The number of amides is 1. The highest BCUT2D eigenvalue weighted by atomic mass is 16.1. The molecule has 0 saturated carbocycles. The second kappa shape index (κ2) is 7.87. The number of hydrogen-bond donors (Lipinski definition) is 1. The van der Waals surface area contributed by atoms with Gasteiger partial charge in [-0.05, 0) is 28.0 Å². The van der Waals surface area contributed by atoms with Gasteiger partial charge in [0.15, 0.2) is 0 Å². The van der Waals surface area contributed by atoms with Gasteiger partial charge in [-0.2, -0.15) is 5.10 Å². The van der Waals surface area contributed by atoms with Crippen LogP contribution in [-0.2, 0) is 17.8 Å². The zero-order valence-electron chi connectivity index (χ0n) is 15.0. The van der Waals surface area contributed by atoms with E-state index in [4.69, 9.17) is 0 Å². The third kappa shape index (κ3) is 4.23. The number of carbonyl (C=O) groups excluding carboxylic acids is 1. The summed E-state index contributed by atoms with van der Waals surface area (Å²) in [4.78, 5) is 12.7. The van der Waals surface area contributed by atoms with Crippen molar-refractivity contribution in [3.05, 3.63) is 102 Å². The lowest BCUT2D eigenvalue weighted by Crippen LogP contribution is -2.32. The van der Waals surface area contributed by atoms with E-state index >= 15 is 0 Å². The number of hydrogen-bond acceptors (Lipinski definition) is 2. The average molecular weight is 355 g/mol. The molecule has 27 heavy (non-hydrogen) atoms. The van der Waals surface area contributed by atoms with Crippen molar-refractivity contribution in [1.29, 1.82) is 0 Å². The molecule has 4 heteroatoms. The van der Waals surface area contributed by atoms with Gasteiger partial charge in [0.25, 0.3) is 0 Å². The van der Waals surface area contributed by atoms with Crippen molar-refractivity contribution in [1.82, 2.24) is 15.1 Å². The molecule has 4 nitrogen and oxygen atoms in total. The number of nitrogens with zero attached hydrogens (tertiary/aromatic N) is 2. The van der Waals surface area contributed by atoms with Gasteiger partial charge in [0.05, 0.1) is 19.0 Å². The highest BCUT2D eigenvalue weighted by molar-refractivity contribution is 5.85. The van der Waals surface area contributed by atoms with Crippen LogP contribution in [0.5, 0.6) is 0 Å². The third-order valence-corrected chi connectivity index (χ3v) is 4.64. The van der Waals surface area contributed by atoms with Gasteiger partial charge in [0.1, 0.15) is 0 Å². The van der Waals surface area contributed by atoms with E-state index in [1.165, 1.54) is 5.39 Å². The monoisotopic (exact) mass is 355 g/mol. The molecule has 0 saturated heterocycles. The van der Waals surface area contributed by atoms with Crippen molar-refractivity contribution < 1.29 is 4.79 Å². The maximum atomic E-state index is 12.7. The van der Waals surface area contributed by atoms with Crippen LogP contribution in [0.3, 0.4) is 0 Å². The Hall–Kier alpha value is -3.40. The van der Waals surface area contributed by atoms with Gasteiger partial charge in [-0.25, -0.2) is 0 Å². The van der Waals surface area contributed by atoms with Crippen LogP contribution in [0.25, 0.3) is 10.8 Å². The van der Waals surface area contributed by atoms with Crippen LogP contribution in [-0.4, -0.2) is 15.7 Å². The Labute approximate surface area is 158 Å². The first-order valence-electron chi connectivity index (χ1n) is 9.07. The second-order valence-corrected chi connectivity index (χ2v) is 6.62. The van der Waals surface area contributed by atoms with Crippen LogP contribution in [0.4, 0.5) is 0 Å². The van der Waals surface area contributed by atoms with Crippen LogP contribution in [0.1, 0.15) is 17.2 Å². The molecule has 1 N–H and O–H groups in total. The molecule has 0 spiro atoms. The largest absolute Gasteiger partial charge is 0.347 e. The van der Waals surface area contributed by atoms with E-state index in [2.05, 4.69) is 34.7 Å². The molecule has 1 atom stereocenters. The quantitative estimate of drug-likeness (QED) is 0.565. The molecule has 134 valence electrons. The molecule has 4 aromatic rings. The normalized spacial score (nSPS) is 12.0. The smallest absolute Gasteiger partial charge is 0.224 e. The van der Waals surface area contributed by atoms with Gasteiger partial charge in [0.2, 0.25) is 5.91 Å². The average Bonchev–Trinajstić information content (AvgIpc) is 3.21. The molecular weight excluding hydrogens is 334 g/mol. The van der Waals surface area contributed by atoms with Crippen LogP contribution >= 0.6 is 0 Å². The minimum atomic E-state index is -0.126. The van der Waals surface area contributed by atoms with Crippen molar-refractivity contribution in [3.63, 3.8) is 0 Å². The van der Waals surface area contributed by atoms with E-state index in [1.54, 1.807) is 6.20 Å². The maximum Gasteiger partial charge on any atom is 0.224 e. The molecule has 1 unspecified atom stereocenters. The lowest BCUT2D eigenvalue weighted by Gasteiger charge is -2.19. The fourth-order valence-corrected chi connectivity index (χ4v) is 3.29.